The first-order valence-corrected chi connectivity index (χ1v) is 10.4. The normalized spacial score (nSPS) is 12.8. The van der Waals surface area contributed by atoms with E-state index in [1.54, 1.807) is 11.8 Å². The molecule has 0 saturated heterocycles. The minimum absolute atomic E-state index is 0. The highest BCUT2D eigenvalue weighted by atomic mass is 79.9. The Morgan fingerprint density at radius 1 is 0.889 bits per heavy atom. The van der Waals surface area contributed by atoms with E-state index in [9.17, 15) is 4.79 Å². The van der Waals surface area contributed by atoms with Gasteiger partial charge in [0.05, 0.1) is 44.5 Å². The Kier molecular flexibility index (Phi) is 7.95. The first-order chi connectivity index (χ1) is 12.6. The van der Waals surface area contributed by atoms with Crippen LogP contribution in [0.25, 0.3) is 0 Å². The number of amides is 1. The van der Waals surface area contributed by atoms with E-state index in [2.05, 4.69) is 45.2 Å². The molecule has 0 fully saturated rings. The van der Waals surface area contributed by atoms with Crippen LogP contribution in [0.4, 0.5) is 11.4 Å². The lowest BCUT2D eigenvalue weighted by Crippen LogP contribution is -3.00. The van der Waals surface area contributed by atoms with E-state index in [1.807, 2.05) is 29.2 Å². The Balaban J connectivity index is 0.00000261. The Bertz CT molecular complexity index is 729. The molecule has 0 aromatic heterocycles. The monoisotopic (exact) mass is 448 g/mol. The number of para-hydroxylation sites is 2. The van der Waals surface area contributed by atoms with E-state index in [4.69, 9.17) is 0 Å². The molecule has 27 heavy (non-hydrogen) atoms. The standard InChI is InChI=1S/C22H29N2OS.BrH/c1-4-15-24(3,16-5-2)17-14-22(25)23-18-10-6-8-12-20(18)26-21-13-9-7-11-19(21)23;/h6-13H,4-5,14-17H2,1-3H3;1H/q+1;/p-1. The lowest BCUT2D eigenvalue weighted by molar-refractivity contribution is -0.909. The molecule has 146 valence electrons. The van der Waals surface area contributed by atoms with Crippen LogP contribution in [0.15, 0.2) is 58.3 Å². The Morgan fingerprint density at radius 3 is 1.85 bits per heavy atom. The largest absolute Gasteiger partial charge is 1.00 e. The van der Waals surface area contributed by atoms with Crippen LogP contribution in [0.1, 0.15) is 33.1 Å². The molecule has 1 amide bonds. The van der Waals surface area contributed by atoms with Gasteiger partial charge in [0.25, 0.3) is 0 Å². The zero-order valence-electron chi connectivity index (χ0n) is 16.5. The number of carbonyl (C=O) groups is 1. The minimum Gasteiger partial charge on any atom is -1.00 e. The van der Waals surface area contributed by atoms with Crippen molar-refractivity contribution in [1.29, 1.82) is 0 Å². The maximum absolute atomic E-state index is 13.3. The van der Waals surface area contributed by atoms with E-state index in [0.717, 1.165) is 58.1 Å². The first kappa shape index (κ1) is 22.0. The number of rotatable bonds is 7. The van der Waals surface area contributed by atoms with Gasteiger partial charge in [0.2, 0.25) is 5.91 Å². The average Bonchev–Trinajstić information content (AvgIpc) is 2.64. The van der Waals surface area contributed by atoms with Crippen molar-refractivity contribution in [1.82, 2.24) is 0 Å². The van der Waals surface area contributed by atoms with Crippen LogP contribution < -0.4 is 21.9 Å². The van der Waals surface area contributed by atoms with Gasteiger partial charge >= 0.3 is 0 Å². The molecule has 0 unspecified atom stereocenters. The van der Waals surface area contributed by atoms with Crippen molar-refractivity contribution >= 4 is 29.0 Å². The molecular formula is C22H29BrN2OS. The summed E-state index contributed by atoms with van der Waals surface area (Å²) in [4.78, 5) is 17.5. The van der Waals surface area contributed by atoms with Gasteiger partial charge in [-0.3, -0.25) is 9.69 Å². The molecule has 0 atom stereocenters. The Labute approximate surface area is 178 Å². The van der Waals surface area contributed by atoms with Crippen LogP contribution in [0.5, 0.6) is 0 Å². The number of carbonyl (C=O) groups excluding carboxylic acids is 1. The van der Waals surface area contributed by atoms with Gasteiger partial charge in [-0.1, -0.05) is 49.9 Å². The van der Waals surface area contributed by atoms with Gasteiger partial charge in [0, 0.05) is 9.79 Å². The highest BCUT2D eigenvalue weighted by molar-refractivity contribution is 7.99. The van der Waals surface area contributed by atoms with Gasteiger partial charge < -0.3 is 21.5 Å². The van der Waals surface area contributed by atoms with Crippen LogP contribution in [-0.4, -0.2) is 37.1 Å². The zero-order chi connectivity index (χ0) is 18.6. The fraction of sp³-hybridized carbons (Fsp3) is 0.409. The van der Waals surface area contributed by atoms with Gasteiger partial charge in [-0.05, 0) is 37.1 Å². The van der Waals surface area contributed by atoms with Gasteiger partial charge in [-0.25, -0.2) is 0 Å². The number of nitrogens with zero attached hydrogens (tertiary/aromatic N) is 2. The quantitative estimate of drug-likeness (QED) is 0.606. The van der Waals surface area contributed by atoms with Crippen molar-refractivity contribution < 1.29 is 26.3 Å². The lowest BCUT2D eigenvalue weighted by Gasteiger charge is -2.36. The smallest absolute Gasteiger partial charge is 0.237 e. The molecule has 2 aromatic rings. The molecule has 0 spiro atoms. The second-order valence-electron chi connectivity index (χ2n) is 7.31. The fourth-order valence-electron chi connectivity index (χ4n) is 3.87. The topological polar surface area (TPSA) is 20.3 Å². The maximum atomic E-state index is 13.3. The van der Waals surface area contributed by atoms with E-state index in [-0.39, 0.29) is 22.9 Å². The summed E-state index contributed by atoms with van der Waals surface area (Å²) in [6.07, 6.45) is 2.87. The van der Waals surface area contributed by atoms with Crippen LogP contribution in [-0.2, 0) is 4.79 Å². The van der Waals surface area contributed by atoms with E-state index >= 15 is 0 Å². The van der Waals surface area contributed by atoms with E-state index < -0.39 is 0 Å². The SMILES string of the molecule is CCC[N+](C)(CCC)CCC(=O)N1c2ccccc2Sc2ccccc21.[Br-]. The first-order valence-electron chi connectivity index (χ1n) is 9.60. The molecule has 1 aliphatic rings. The third kappa shape index (κ3) is 4.95. The van der Waals surface area contributed by atoms with Crippen molar-refractivity contribution in [3.05, 3.63) is 48.5 Å². The van der Waals surface area contributed by atoms with Crippen LogP contribution in [0, 0.1) is 0 Å². The van der Waals surface area contributed by atoms with Gasteiger partial charge in [-0.2, -0.15) is 0 Å². The summed E-state index contributed by atoms with van der Waals surface area (Å²) in [6.45, 7) is 7.60. The number of halogens is 1. The maximum Gasteiger partial charge on any atom is 0.237 e. The summed E-state index contributed by atoms with van der Waals surface area (Å²) in [5.41, 5.74) is 2.03. The molecule has 1 aliphatic heterocycles. The lowest BCUT2D eigenvalue weighted by atomic mass is 10.2. The molecule has 0 radical (unpaired) electrons. The predicted molar refractivity (Wildman–Crippen MR) is 110 cm³/mol. The van der Waals surface area contributed by atoms with Crippen molar-refractivity contribution in [2.45, 2.75) is 42.9 Å². The summed E-state index contributed by atoms with van der Waals surface area (Å²) in [7, 11) is 2.29. The van der Waals surface area contributed by atoms with E-state index in [0.29, 0.717) is 6.42 Å². The fourth-order valence-corrected chi connectivity index (χ4v) is 4.92. The summed E-state index contributed by atoms with van der Waals surface area (Å²) in [6, 6.07) is 16.4. The molecular weight excluding hydrogens is 420 g/mol. The van der Waals surface area contributed by atoms with Gasteiger partial charge in [0.1, 0.15) is 0 Å². The highest BCUT2D eigenvalue weighted by Gasteiger charge is 2.29. The number of hydrogen-bond acceptors (Lipinski definition) is 2. The van der Waals surface area contributed by atoms with Crippen molar-refractivity contribution in [3.8, 4) is 0 Å². The summed E-state index contributed by atoms with van der Waals surface area (Å²) in [5.74, 6) is 0.196. The molecule has 2 aromatic carbocycles. The van der Waals surface area contributed by atoms with Crippen LogP contribution in [0.2, 0.25) is 0 Å². The van der Waals surface area contributed by atoms with E-state index in [1.165, 1.54) is 0 Å². The number of quaternary nitrogens is 1. The molecule has 3 nitrogen and oxygen atoms in total. The second kappa shape index (κ2) is 9.76. The number of benzene rings is 2. The average molecular weight is 449 g/mol. The van der Waals surface area contributed by atoms with Gasteiger partial charge in [-0.15, -0.1) is 0 Å². The molecule has 0 aliphatic carbocycles. The van der Waals surface area contributed by atoms with Crippen LogP contribution >= 0.6 is 11.8 Å². The number of hydrogen-bond donors (Lipinski definition) is 0. The zero-order valence-corrected chi connectivity index (χ0v) is 18.9. The molecule has 0 saturated carbocycles. The molecule has 0 N–H and O–H groups in total. The summed E-state index contributed by atoms with van der Waals surface area (Å²) in [5, 5.41) is 0. The van der Waals surface area contributed by atoms with Crippen molar-refractivity contribution in [2.75, 3.05) is 31.6 Å². The molecule has 1 heterocycles. The second-order valence-corrected chi connectivity index (χ2v) is 8.39. The predicted octanol–water partition coefficient (Wildman–Crippen LogP) is 2.48. The minimum atomic E-state index is 0. The van der Waals surface area contributed by atoms with Gasteiger partial charge in [0.15, 0.2) is 0 Å². The van der Waals surface area contributed by atoms with Crippen LogP contribution in [0.3, 0.4) is 0 Å². The molecule has 5 heteroatoms. The Hall–Kier alpha value is -1.30. The molecule has 3 rings (SSSR count). The third-order valence-electron chi connectivity index (χ3n) is 5.07. The highest BCUT2D eigenvalue weighted by Crippen LogP contribution is 2.48. The summed E-state index contributed by atoms with van der Waals surface area (Å²) < 4.78 is 0.977. The number of fused-ring (bicyclic) bond motifs is 2. The van der Waals surface area contributed by atoms with Crippen molar-refractivity contribution in [2.24, 2.45) is 0 Å². The van der Waals surface area contributed by atoms with Crippen molar-refractivity contribution in [3.63, 3.8) is 0 Å². The Morgan fingerprint density at radius 2 is 1.37 bits per heavy atom. The molecule has 0 bridgehead atoms. The third-order valence-corrected chi connectivity index (χ3v) is 6.20. The summed E-state index contributed by atoms with van der Waals surface area (Å²) >= 11 is 1.75. The number of anilines is 2.